The molecule has 41 heavy (non-hydrogen) atoms. The smallest absolute Gasteiger partial charge is 0.417 e. The maximum Gasteiger partial charge on any atom is 0.417 e. The molecule has 2 aromatic carbocycles. The summed E-state index contributed by atoms with van der Waals surface area (Å²) in [5.74, 6) is 0.648. The lowest BCUT2D eigenvalue weighted by molar-refractivity contribution is -0.129. The van der Waals surface area contributed by atoms with E-state index in [4.69, 9.17) is 14.2 Å². The molecule has 0 spiro atoms. The van der Waals surface area contributed by atoms with E-state index in [0.29, 0.717) is 11.7 Å². The van der Waals surface area contributed by atoms with Crippen LogP contribution in [0.25, 0.3) is 0 Å². The average molecular weight is 587 g/mol. The molecule has 9 nitrogen and oxygen atoms in total. The Bertz CT molecular complexity index is 1280. The first kappa shape index (κ1) is 31.0. The third-order valence-corrected chi connectivity index (χ3v) is 9.01. The molecular formula is C31H42N2O7S. The van der Waals surface area contributed by atoms with Crippen molar-refractivity contribution in [2.75, 3.05) is 20.0 Å². The number of carbonyl (C=O) groups excluding carboxylic acids is 2. The van der Waals surface area contributed by atoms with Crippen molar-refractivity contribution in [1.29, 1.82) is 0 Å². The fraction of sp³-hybridized carbons (Fsp3) is 0.548. The van der Waals surface area contributed by atoms with E-state index in [0.717, 1.165) is 42.4 Å². The molecule has 1 heterocycles. The minimum Gasteiger partial charge on any atom is -0.497 e. The molecule has 1 saturated carbocycles. The number of ether oxygens (including phenoxy) is 3. The van der Waals surface area contributed by atoms with E-state index in [-0.39, 0.29) is 25.7 Å². The monoisotopic (exact) mass is 586 g/mol. The molecule has 2 amide bonds. The molecule has 1 aliphatic carbocycles. The highest BCUT2D eigenvalue weighted by Gasteiger charge is 2.49. The molecule has 2 fully saturated rings. The Labute approximate surface area is 243 Å². The van der Waals surface area contributed by atoms with Crippen molar-refractivity contribution in [3.63, 3.8) is 0 Å². The molecule has 0 aromatic heterocycles. The number of imide groups is 1. The van der Waals surface area contributed by atoms with Gasteiger partial charge in [-0.05, 0) is 75.6 Å². The molecule has 224 valence electrons. The van der Waals surface area contributed by atoms with Crippen molar-refractivity contribution in [3.05, 3.63) is 65.7 Å². The number of methoxy groups -OCH3 is 1. The van der Waals surface area contributed by atoms with Gasteiger partial charge in [0.25, 0.3) is 0 Å². The minimum atomic E-state index is -3.77. The van der Waals surface area contributed by atoms with Crippen LogP contribution in [0.5, 0.6) is 5.75 Å². The van der Waals surface area contributed by atoms with Gasteiger partial charge in [0.1, 0.15) is 11.4 Å². The van der Waals surface area contributed by atoms with E-state index in [1.54, 1.807) is 52.1 Å². The van der Waals surface area contributed by atoms with Crippen LogP contribution in [-0.4, -0.2) is 73.4 Å². The predicted molar refractivity (Wildman–Crippen MR) is 156 cm³/mol. The largest absolute Gasteiger partial charge is 0.497 e. The fourth-order valence-electron chi connectivity index (χ4n) is 5.71. The lowest BCUT2D eigenvalue weighted by Crippen LogP contribution is -2.52. The Hall–Kier alpha value is -2.95. The molecule has 0 N–H and O–H groups in total. The lowest BCUT2D eigenvalue weighted by Gasteiger charge is -2.35. The number of benzene rings is 2. The molecule has 0 radical (unpaired) electrons. The summed E-state index contributed by atoms with van der Waals surface area (Å²) in [7, 11) is -2.21. The summed E-state index contributed by atoms with van der Waals surface area (Å²) in [5.41, 5.74) is 1.24. The molecule has 2 unspecified atom stereocenters. The number of carbonyl (C=O) groups is 2. The first-order chi connectivity index (χ1) is 19.4. The van der Waals surface area contributed by atoms with Crippen molar-refractivity contribution >= 4 is 22.0 Å². The maximum atomic E-state index is 13.3. The lowest BCUT2D eigenvalue weighted by atomic mass is 9.83. The van der Waals surface area contributed by atoms with Gasteiger partial charge in [0.2, 0.25) is 15.9 Å². The summed E-state index contributed by atoms with van der Waals surface area (Å²) in [4.78, 5) is 27.6. The summed E-state index contributed by atoms with van der Waals surface area (Å²) in [6.45, 7) is 5.26. The van der Waals surface area contributed by atoms with Crippen LogP contribution in [0.2, 0.25) is 0 Å². The predicted octanol–water partition coefficient (Wildman–Crippen LogP) is 5.10. The Morgan fingerprint density at radius 1 is 1.00 bits per heavy atom. The highest BCUT2D eigenvalue weighted by atomic mass is 32.2. The maximum absolute atomic E-state index is 13.3. The Morgan fingerprint density at radius 3 is 2.20 bits per heavy atom. The molecule has 0 bridgehead atoms. The van der Waals surface area contributed by atoms with Crippen molar-refractivity contribution in [2.24, 2.45) is 0 Å². The zero-order valence-corrected chi connectivity index (χ0v) is 25.4. The molecule has 4 rings (SSSR count). The Kier molecular flexibility index (Phi) is 9.77. The highest BCUT2D eigenvalue weighted by Crippen LogP contribution is 2.35. The Morgan fingerprint density at radius 2 is 1.63 bits per heavy atom. The van der Waals surface area contributed by atoms with Crippen molar-refractivity contribution in [3.8, 4) is 5.75 Å². The van der Waals surface area contributed by atoms with Gasteiger partial charge in [-0.2, -0.15) is 4.31 Å². The average Bonchev–Trinajstić information content (AvgIpc) is 3.25. The molecule has 1 saturated heterocycles. The third kappa shape index (κ3) is 8.08. The topological polar surface area (TPSA) is 102 Å². The quantitative estimate of drug-likeness (QED) is 0.403. The number of rotatable bonds is 9. The van der Waals surface area contributed by atoms with Gasteiger partial charge in [-0.25, -0.2) is 18.1 Å². The summed E-state index contributed by atoms with van der Waals surface area (Å²) >= 11 is 0. The van der Waals surface area contributed by atoms with Crippen LogP contribution in [-0.2, 0) is 30.8 Å². The van der Waals surface area contributed by atoms with Gasteiger partial charge in [-0.15, -0.1) is 0 Å². The van der Waals surface area contributed by atoms with Crippen LogP contribution in [0.15, 0.2) is 54.6 Å². The number of nitrogens with zero attached hydrogens (tertiary/aromatic N) is 2. The molecule has 2 aliphatic rings. The van der Waals surface area contributed by atoms with Gasteiger partial charge in [0.15, 0.2) is 0 Å². The first-order valence-corrected chi connectivity index (χ1v) is 16.0. The van der Waals surface area contributed by atoms with Gasteiger partial charge in [-0.3, -0.25) is 4.79 Å². The number of hydrogen-bond acceptors (Lipinski definition) is 7. The zero-order valence-electron chi connectivity index (χ0n) is 24.6. The Balaban J connectivity index is 1.54. The summed E-state index contributed by atoms with van der Waals surface area (Å²) in [6.07, 6.45) is 3.80. The molecule has 2 atom stereocenters. The third-order valence-electron chi connectivity index (χ3n) is 7.76. The minimum absolute atomic E-state index is 0.0327. The van der Waals surface area contributed by atoms with E-state index >= 15 is 0 Å². The van der Waals surface area contributed by atoms with Crippen molar-refractivity contribution in [1.82, 2.24) is 9.21 Å². The highest BCUT2D eigenvalue weighted by molar-refractivity contribution is 7.88. The summed E-state index contributed by atoms with van der Waals surface area (Å²) in [6, 6.07) is 15.9. The van der Waals surface area contributed by atoms with E-state index in [1.807, 2.05) is 6.07 Å². The summed E-state index contributed by atoms with van der Waals surface area (Å²) in [5, 5.41) is 0. The standard InChI is InChI=1S/C31H42N2O7S/c1-31(2,3)40-30(35)33-28(21-39-26-17-13-24(14-18-26)23-9-7-6-8-10-23)27(19-29(33)34)32(41(5,36)37)20-22-11-15-25(38-4)16-12-22/h6-12,15-16,24,26-28H,13-14,17-21H2,1-5H3. The van der Waals surface area contributed by atoms with Gasteiger partial charge >= 0.3 is 6.09 Å². The van der Waals surface area contributed by atoms with Crippen LogP contribution in [0.4, 0.5) is 4.79 Å². The van der Waals surface area contributed by atoms with Crippen LogP contribution >= 0.6 is 0 Å². The normalized spacial score (nSPS) is 23.6. The number of amides is 2. The van der Waals surface area contributed by atoms with E-state index in [1.165, 1.54) is 9.87 Å². The van der Waals surface area contributed by atoms with Crippen LogP contribution in [0, 0.1) is 0 Å². The number of hydrogen-bond donors (Lipinski definition) is 0. The van der Waals surface area contributed by atoms with Gasteiger partial charge in [0, 0.05) is 13.0 Å². The second-order valence-corrected chi connectivity index (χ2v) is 13.9. The van der Waals surface area contributed by atoms with Gasteiger partial charge in [-0.1, -0.05) is 42.5 Å². The van der Waals surface area contributed by atoms with Gasteiger partial charge in [0.05, 0.1) is 38.2 Å². The number of likely N-dealkylation sites (tertiary alicyclic amines) is 1. The second kappa shape index (κ2) is 12.9. The number of sulfonamides is 1. The van der Waals surface area contributed by atoms with Crippen LogP contribution < -0.4 is 4.74 Å². The van der Waals surface area contributed by atoms with E-state index in [2.05, 4.69) is 24.3 Å². The molecule has 1 aliphatic heterocycles. The van der Waals surface area contributed by atoms with E-state index in [9.17, 15) is 18.0 Å². The van der Waals surface area contributed by atoms with Crippen molar-refractivity contribution in [2.45, 2.75) is 89.1 Å². The SMILES string of the molecule is COc1ccc(CN(C2CC(=O)N(C(=O)OC(C)(C)C)C2COC2CCC(c3ccccc3)CC2)S(C)(=O)=O)cc1. The first-order valence-electron chi connectivity index (χ1n) is 14.2. The van der Waals surface area contributed by atoms with Gasteiger partial charge < -0.3 is 14.2 Å². The van der Waals surface area contributed by atoms with Crippen molar-refractivity contribution < 1.29 is 32.2 Å². The van der Waals surface area contributed by atoms with Crippen LogP contribution in [0.1, 0.15) is 69.9 Å². The molecule has 10 heteroatoms. The molecule has 2 aromatic rings. The van der Waals surface area contributed by atoms with Crippen LogP contribution in [0.3, 0.4) is 0 Å². The molecular weight excluding hydrogens is 544 g/mol. The second-order valence-electron chi connectivity index (χ2n) is 12.0. The fourth-order valence-corrected chi connectivity index (χ4v) is 6.80. The zero-order chi connectivity index (χ0) is 29.8. The summed E-state index contributed by atoms with van der Waals surface area (Å²) < 4.78 is 44.6. The van der Waals surface area contributed by atoms with E-state index < -0.39 is 39.7 Å².